The van der Waals surface area contributed by atoms with Crippen LogP contribution in [-0.2, 0) is 9.53 Å². The Morgan fingerprint density at radius 1 is 1.11 bits per heavy atom. The Hall–Kier alpha value is -3.56. The summed E-state index contributed by atoms with van der Waals surface area (Å²) in [5.41, 5.74) is 3.06. The van der Waals surface area contributed by atoms with Gasteiger partial charge in [0.1, 0.15) is 23.0 Å². The summed E-state index contributed by atoms with van der Waals surface area (Å²) in [6.07, 6.45) is 1.33. The summed E-state index contributed by atoms with van der Waals surface area (Å²) in [5.74, 6) is -0.508. The first-order valence-electron chi connectivity index (χ1n) is 8.96. The molecular weight excluding hydrogens is 356 g/mol. The Kier molecular flexibility index (Phi) is 4.83. The summed E-state index contributed by atoms with van der Waals surface area (Å²) >= 11 is 0. The molecule has 1 N–H and O–H groups in total. The van der Waals surface area contributed by atoms with Gasteiger partial charge in [-0.3, -0.25) is 0 Å². The van der Waals surface area contributed by atoms with E-state index in [9.17, 15) is 4.79 Å². The van der Waals surface area contributed by atoms with Crippen LogP contribution in [-0.4, -0.2) is 37.4 Å². The summed E-state index contributed by atoms with van der Waals surface area (Å²) < 4.78 is 11.4. The maximum atomic E-state index is 11.0. The van der Waals surface area contributed by atoms with E-state index < -0.39 is 5.97 Å². The molecule has 0 saturated carbocycles. The lowest BCUT2D eigenvalue weighted by molar-refractivity contribution is -0.132. The summed E-state index contributed by atoms with van der Waals surface area (Å²) in [5, 5.41) is 18.8. The van der Waals surface area contributed by atoms with E-state index in [0.717, 1.165) is 48.7 Å². The first-order valence-corrected chi connectivity index (χ1v) is 8.96. The van der Waals surface area contributed by atoms with Gasteiger partial charge in [0.15, 0.2) is 0 Å². The summed E-state index contributed by atoms with van der Waals surface area (Å²) in [6.45, 7) is 3.28. The number of hydrogen-bond donors (Lipinski definition) is 1. The molecule has 0 unspecified atom stereocenters. The number of carboxylic acid groups (broad SMARTS) is 1. The number of benzene rings is 2. The highest BCUT2D eigenvalue weighted by molar-refractivity contribution is 5.97. The SMILES string of the molecule is N#C/C(=C\c1ccc2cc(-c3ccc(N4CCOCC4)cc3)oc2c1)C(=O)O. The van der Waals surface area contributed by atoms with E-state index in [0.29, 0.717) is 11.1 Å². The first kappa shape index (κ1) is 17.8. The number of carboxylic acids is 1. The van der Waals surface area contributed by atoms with Gasteiger partial charge in [-0.15, -0.1) is 0 Å². The van der Waals surface area contributed by atoms with Gasteiger partial charge in [-0.2, -0.15) is 5.26 Å². The van der Waals surface area contributed by atoms with Gasteiger partial charge in [0, 0.05) is 29.7 Å². The highest BCUT2D eigenvalue weighted by Crippen LogP contribution is 2.30. The number of furan rings is 1. The third-order valence-electron chi connectivity index (χ3n) is 4.73. The molecule has 1 aliphatic heterocycles. The van der Waals surface area contributed by atoms with Crippen LogP contribution in [0.15, 0.2) is 58.5 Å². The molecule has 0 bridgehead atoms. The van der Waals surface area contributed by atoms with E-state index in [4.69, 9.17) is 19.5 Å². The highest BCUT2D eigenvalue weighted by atomic mass is 16.5. The number of ether oxygens (including phenoxy) is 1. The number of morpholine rings is 1. The van der Waals surface area contributed by atoms with Gasteiger partial charge in [0.05, 0.1) is 13.2 Å². The zero-order valence-corrected chi connectivity index (χ0v) is 15.1. The summed E-state index contributed by atoms with van der Waals surface area (Å²) in [6, 6.07) is 17.2. The second-order valence-electron chi connectivity index (χ2n) is 6.53. The van der Waals surface area contributed by atoms with E-state index in [-0.39, 0.29) is 5.57 Å². The average Bonchev–Trinajstić information content (AvgIpc) is 3.16. The third kappa shape index (κ3) is 3.61. The Balaban J connectivity index is 1.61. The summed E-state index contributed by atoms with van der Waals surface area (Å²) in [4.78, 5) is 13.3. The van der Waals surface area contributed by atoms with Gasteiger partial charge < -0.3 is 19.2 Å². The minimum Gasteiger partial charge on any atom is -0.477 e. The predicted molar refractivity (Wildman–Crippen MR) is 106 cm³/mol. The van der Waals surface area contributed by atoms with Crippen LogP contribution >= 0.6 is 0 Å². The van der Waals surface area contributed by atoms with E-state index in [2.05, 4.69) is 17.0 Å². The molecule has 0 aliphatic carbocycles. The molecule has 3 aromatic rings. The van der Waals surface area contributed by atoms with E-state index >= 15 is 0 Å². The first-order chi connectivity index (χ1) is 13.6. The number of hydrogen-bond acceptors (Lipinski definition) is 5. The second-order valence-corrected chi connectivity index (χ2v) is 6.53. The largest absolute Gasteiger partial charge is 0.477 e. The fourth-order valence-electron chi connectivity index (χ4n) is 3.25. The number of aliphatic carboxylic acids is 1. The molecule has 0 atom stereocenters. The molecule has 4 rings (SSSR count). The standard InChI is InChI=1S/C22H18N2O4/c23-14-18(22(25)26)11-15-1-2-17-13-21(28-20(17)12-15)16-3-5-19(6-4-16)24-7-9-27-10-8-24/h1-6,11-13H,7-10H2,(H,25,26)/b18-11+. The van der Waals surface area contributed by atoms with Crippen LogP contribution in [0.25, 0.3) is 28.4 Å². The Labute approximate surface area is 161 Å². The second kappa shape index (κ2) is 7.59. The number of fused-ring (bicyclic) bond motifs is 1. The molecule has 0 spiro atoms. The van der Waals surface area contributed by atoms with Gasteiger partial charge in [-0.05, 0) is 48.0 Å². The minimum atomic E-state index is -1.25. The molecule has 0 radical (unpaired) electrons. The van der Waals surface area contributed by atoms with E-state index in [1.807, 2.05) is 24.3 Å². The lowest BCUT2D eigenvalue weighted by atomic mass is 10.1. The molecule has 0 amide bonds. The van der Waals surface area contributed by atoms with Crippen molar-refractivity contribution in [3.8, 4) is 17.4 Å². The van der Waals surface area contributed by atoms with Crippen molar-refractivity contribution in [2.75, 3.05) is 31.2 Å². The third-order valence-corrected chi connectivity index (χ3v) is 4.73. The molecule has 1 aliphatic rings. The number of anilines is 1. The van der Waals surface area contributed by atoms with Crippen molar-refractivity contribution in [3.63, 3.8) is 0 Å². The fourth-order valence-corrected chi connectivity index (χ4v) is 3.25. The van der Waals surface area contributed by atoms with Crippen LogP contribution in [0.3, 0.4) is 0 Å². The Morgan fingerprint density at radius 2 is 1.86 bits per heavy atom. The topological polar surface area (TPSA) is 86.7 Å². The molecule has 6 heteroatoms. The quantitative estimate of drug-likeness (QED) is 0.550. The van der Waals surface area contributed by atoms with Crippen molar-refractivity contribution in [1.29, 1.82) is 5.26 Å². The van der Waals surface area contributed by atoms with Gasteiger partial charge in [-0.1, -0.05) is 12.1 Å². The summed E-state index contributed by atoms with van der Waals surface area (Å²) in [7, 11) is 0. The lowest BCUT2D eigenvalue weighted by Gasteiger charge is -2.28. The monoisotopic (exact) mass is 374 g/mol. The maximum Gasteiger partial charge on any atom is 0.346 e. The molecule has 2 heterocycles. The normalized spacial score (nSPS) is 14.8. The van der Waals surface area contributed by atoms with Crippen molar-refractivity contribution in [3.05, 3.63) is 59.7 Å². The highest BCUT2D eigenvalue weighted by Gasteiger charge is 2.12. The minimum absolute atomic E-state index is 0.315. The smallest absolute Gasteiger partial charge is 0.346 e. The van der Waals surface area contributed by atoms with Crippen LogP contribution in [0.4, 0.5) is 5.69 Å². The van der Waals surface area contributed by atoms with Gasteiger partial charge in [-0.25, -0.2) is 4.79 Å². The zero-order chi connectivity index (χ0) is 19.5. The Bertz CT molecular complexity index is 1080. The molecular formula is C22H18N2O4. The molecule has 1 fully saturated rings. The lowest BCUT2D eigenvalue weighted by Crippen LogP contribution is -2.36. The molecule has 1 aromatic heterocycles. The van der Waals surface area contributed by atoms with E-state index in [1.165, 1.54) is 6.08 Å². The average molecular weight is 374 g/mol. The van der Waals surface area contributed by atoms with Gasteiger partial charge in [0.25, 0.3) is 0 Å². The maximum absolute atomic E-state index is 11.0. The number of rotatable bonds is 4. The van der Waals surface area contributed by atoms with Crippen molar-refractivity contribution >= 4 is 28.7 Å². The van der Waals surface area contributed by atoms with E-state index in [1.54, 1.807) is 18.2 Å². The molecule has 1 saturated heterocycles. The Morgan fingerprint density at radius 3 is 2.54 bits per heavy atom. The van der Waals surface area contributed by atoms with Crippen molar-refractivity contribution in [2.24, 2.45) is 0 Å². The zero-order valence-electron chi connectivity index (χ0n) is 15.1. The van der Waals surface area contributed by atoms with Crippen LogP contribution in [0.5, 0.6) is 0 Å². The van der Waals surface area contributed by atoms with Crippen LogP contribution in [0.1, 0.15) is 5.56 Å². The van der Waals surface area contributed by atoms with Gasteiger partial charge in [0.2, 0.25) is 0 Å². The molecule has 28 heavy (non-hydrogen) atoms. The molecule has 2 aromatic carbocycles. The number of nitrogens with zero attached hydrogens (tertiary/aromatic N) is 2. The molecule has 140 valence electrons. The van der Waals surface area contributed by atoms with Crippen molar-refractivity contribution < 1.29 is 19.1 Å². The number of nitriles is 1. The van der Waals surface area contributed by atoms with Crippen LogP contribution in [0.2, 0.25) is 0 Å². The van der Waals surface area contributed by atoms with Crippen LogP contribution < -0.4 is 4.90 Å². The predicted octanol–water partition coefficient (Wildman–Crippen LogP) is 3.93. The molecule has 6 nitrogen and oxygen atoms in total. The van der Waals surface area contributed by atoms with Crippen molar-refractivity contribution in [2.45, 2.75) is 0 Å². The van der Waals surface area contributed by atoms with Gasteiger partial charge >= 0.3 is 5.97 Å². The number of carbonyl (C=O) groups is 1. The fraction of sp³-hybridized carbons (Fsp3) is 0.182. The van der Waals surface area contributed by atoms with Crippen LogP contribution in [0, 0.1) is 11.3 Å². The van der Waals surface area contributed by atoms with Crippen molar-refractivity contribution in [1.82, 2.24) is 0 Å².